The second-order valence-corrected chi connectivity index (χ2v) is 4.23. The minimum atomic E-state index is -1.04. The Hall–Kier alpha value is -1.07. The molecular formula is C11H13BrO4. The van der Waals surface area contributed by atoms with Crippen LogP contribution >= 0.6 is 15.9 Å². The molecule has 0 bridgehead atoms. The van der Waals surface area contributed by atoms with Crippen LogP contribution in [0.25, 0.3) is 0 Å². The minimum absolute atomic E-state index is 0.0152. The molecule has 1 aromatic carbocycles. The molecule has 0 aliphatic carbocycles. The summed E-state index contributed by atoms with van der Waals surface area (Å²) < 4.78 is 11.0. The third kappa shape index (κ3) is 3.50. The first-order chi connectivity index (χ1) is 7.54. The minimum Gasteiger partial charge on any atom is -0.478 e. The van der Waals surface area contributed by atoms with E-state index in [0.29, 0.717) is 5.75 Å². The number of carboxylic acid groups (broad SMARTS) is 1. The molecule has 1 N–H and O–H groups in total. The lowest BCUT2D eigenvalue weighted by Gasteiger charge is -2.16. The first-order valence-corrected chi connectivity index (χ1v) is 5.48. The van der Waals surface area contributed by atoms with Gasteiger partial charge in [0.1, 0.15) is 5.75 Å². The van der Waals surface area contributed by atoms with Gasteiger partial charge in [-0.2, -0.15) is 0 Å². The van der Waals surface area contributed by atoms with Crippen LogP contribution in [0, 0.1) is 6.92 Å². The van der Waals surface area contributed by atoms with Crippen LogP contribution in [-0.2, 0) is 9.53 Å². The first-order valence-electron chi connectivity index (χ1n) is 4.69. The Balaban J connectivity index is 2.84. The van der Waals surface area contributed by atoms with Crippen molar-refractivity contribution in [2.24, 2.45) is 0 Å². The normalized spacial score (nSPS) is 12.2. The molecule has 0 radical (unpaired) electrons. The highest BCUT2D eigenvalue weighted by molar-refractivity contribution is 9.10. The third-order valence-electron chi connectivity index (χ3n) is 2.01. The van der Waals surface area contributed by atoms with Crippen LogP contribution in [0.4, 0.5) is 0 Å². The zero-order chi connectivity index (χ0) is 12.1. The van der Waals surface area contributed by atoms with Crippen molar-refractivity contribution in [1.82, 2.24) is 0 Å². The van der Waals surface area contributed by atoms with Crippen molar-refractivity contribution in [2.75, 3.05) is 13.7 Å². The fourth-order valence-corrected chi connectivity index (χ4v) is 1.50. The van der Waals surface area contributed by atoms with Gasteiger partial charge in [-0.3, -0.25) is 0 Å². The Morgan fingerprint density at radius 3 is 2.81 bits per heavy atom. The van der Waals surface area contributed by atoms with E-state index >= 15 is 0 Å². The molecule has 0 fully saturated rings. The molecule has 0 amide bonds. The summed E-state index contributed by atoms with van der Waals surface area (Å²) in [5.74, 6) is -0.500. The van der Waals surface area contributed by atoms with E-state index in [2.05, 4.69) is 15.9 Å². The van der Waals surface area contributed by atoms with Crippen LogP contribution in [0.2, 0.25) is 0 Å². The molecule has 16 heavy (non-hydrogen) atoms. The van der Waals surface area contributed by atoms with Gasteiger partial charge < -0.3 is 14.6 Å². The Bertz CT molecular complexity index is 378. The number of hydrogen-bond donors (Lipinski definition) is 1. The summed E-state index contributed by atoms with van der Waals surface area (Å²) in [6.45, 7) is 1.87. The molecule has 0 heterocycles. The monoisotopic (exact) mass is 288 g/mol. The number of ether oxygens (including phenoxy) is 2. The third-order valence-corrected chi connectivity index (χ3v) is 2.51. The predicted molar refractivity (Wildman–Crippen MR) is 62.8 cm³/mol. The second-order valence-electron chi connectivity index (χ2n) is 3.31. The number of carbonyl (C=O) groups is 1. The predicted octanol–water partition coefficient (Wildman–Crippen LogP) is 2.24. The molecular weight excluding hydrogens is 276 g/mol. The maximum atomic E-state index is 10.9. The lowest BCUT2D eigenvalue weighted by atomic mass is 10.2. The van der Waals surface area contributed by atoms with Crippen LogP contribution in [0.5, 0.6) is 5.75 Å². The van der Waals surface area contributed by atoms with Crippen molar-refractivity contribution in [2.45, 2.75) is 13.0 Å². The summed E-state index contributed by atoms with van der Waals surface area (Å²) in [5, 5.41) is 8.91. The van der Waals surface area contributed by atoms with Gasteiger partial charge in [-0.1, -0.05) is 22.0 Å². The number of rotatable bonds is 5. The smallest absolute Gasteiger partial charge is 0.347 e. The van der Waals surface area contributed by atoms with E-state index in [-0.39, 0.29) is 6.61 Å². The molecule has 4 nitrogen and oxygen atoms in total. The summed E-state index contributed by atoms with van der Waals surface area (Å²) in [5.41, 5.74) is 0.880. The van der Waals surface area contributed by atoms with E-state index in [1.54, 1.807) is 6.07 Å². The fraction of sp³-hybridized carbons (Fsp3) is 0.364. The van der Waals surface area contributed by atoms with E-state index < -0.39 is 12.1 Å². The maximum absolute atomic E-state index is 10.9. The number of aliphatic carboxylic acids is 1. The highest BCUT2D eigenvalue weighted by atomic mass is 79.9. The van der Waals surface area contributed by atoms with Gasteiger partial charge >= 0.3 is 5.97 Å². The number of methoxy groups -OCH3 is 1. The molecule has 1 atom stereocenters. The van der Waals surface area contributed by atoms with Gasteiger partial charge in [0.05, 0.1) is 6.61 Å². The molecule has 0 aliphatic heterocycles. The van der Waals surface area contributed by atoms with Crippen LogP contribution in [0.1, 0.15) is 5.56 Å². The Morgan fingerprint density at radius 2 is 2.25 bits per heavy atom. The number of aryl methyl sites for hydroxylation is 1. The van der Waals surface area contributed by atoms with Crippen molar-refractivity contribution >= 4 is 21.9 Å². The average Bonchev–Trinajstić information content (AvgIpc) is 2.22. The average molecular weight is 289 g/mol. The van der Waals surface area contributed by atoms with E-state index in [1.807, 2.05) is 19.1 Å². The van der Waals surface area contributed by atoms with Crippen LogP contribution in [-0.4, -0.2) is 30.9 Å². The van der Waals surface area contributed by atoms with Gasteiger partial charge in [-0.25, -0.2) is 4.79 Å². The van der Waals surface area contributed by atoms with E-state index in [0.717, 1.165) is 10.0 Å². The molecule has 0 saturated heterocycles. The van der Waals surface area contributed by atoms with E-state index in [4.69, 9.17) is 14.6 Å². The molecule has 0 saturated carbocycles. The Kier molecular flexibility index (Phi) is 4.76. The number of benzene rings is 1. The molecule has 5 heteroatoms. The standard InChI is InChI=1S/C11H13BrO4/c1-7-3-4-8(12)5-9(7)16-10(6-15-2)11(13)14/h3-5,10H,6H2,1-2H3,(H,13,14). The number of halogens is 1. The van der Waals surface area contributed by atoms with Crippen LogP contribution in [0.3, 0.4) is 0 Å². The molecule has 1 aromatic rings. The van der Waals surface area contributed by atoms with Gasteiger partial charge in [0.2, 0.25) is 6.10 Å². The summed E-state index contributed by atoms with van der Waals surface area (Å²) in [4.78, 5) is 10.9. The van der Waals surface area contributed by atoms with Gasteiger partial charge in [0.25, 0.3) is 0 Å². The SMILES string of the molecule is COCC(Oc1cc(Br)ccc1C)C(=O)O. The molecule has 0 spiro atoms. The molecule has 1 rings (SSSR count). The summed E-state index contributed by atoms with van der Waals surface area (Å²) >= 11 is 3.30. The largest absolute Gasteiger partial charge is 0.478 e. The topological polar surface area (TPSA) is 55.8 Å². The first kappa shape index (κ1) is 13.0. The second kappa shape index (κ2) is 5.86. The summed E-state index contributed by atoms with van der Waals surface area (Å²) in [6.07, 6.45) is -0.988. The lowest BCUT2D eigenvalue weighted by molar-refractivity contribution is -0.147. The summed E-state index contributed by atoms with van der Waals surface area (Å²) in [6, 6.07) is 5.46. The van der Waals surface area contributed by atoms with Crippen LogP contribution < -0.4 is 4.74 Å². The quantitative estimate of drug-likeness (QED) is 0.903. The van der Waals surface area contributed by atoms with Gasteiger partial charge in [-0.15, -0.1) is 0 Å². The Morgan fingerprint density at radius 1 is 1.56 bits per heavy atom. The van der Waals surface area contributed by atoms with Crippen molar-refractivity contribution in [1.29, 1.82) is 0 Å². The highest BCUT2D eigenvalue weighted by Gasteiger charge is 2.19. The van der Waals surface area contributed by atoms with E-state index in [9.17, 15) is 4.79 Å². The van der Waals surface area contributed by atoms with Gasteiger partial charge in [0.15, 0.2) is 0 Å². The van der Waals surface area contributed by atoms with Crippen molar-refractivity contribution < 1.29 is 19.4 Å². The van der Waals surface area contributed by atoms with Crippen LogP contribution in [0.15, 0.2) is 22.7 Å². The molecule has 1 unspecified atom stereocenters. The summed E-state index contributed by atoms with van der Waals surface area (Å²) in [7, 11) is 1.44. The van der Waals surface area contributed by atoms with E-state index in [1.165, 1.54) is 7.11 Å². The molecule has 88 valence electrons. The number of carboxylic acids is 1. The van der Waals surface area contributed by atoms with Gasteiger partial charge in [0, 0.05) is 11.6 Å². The highest BCUT2D eigenvalue weighted by Crippen LogP contribution is 2.23. The molecule has 0 aromatic heterocycles. The number of hydrogen-bond acceptors (Lipinski definition) is 3. The van der Waals surface area contributed by atoms with Crippen molar-refractivity contribution in [3.05, 3.63) is 28.2 Å². The lowest BCUT2D eigenvalue weighted by Crippen LogP contribution is -2.31. The maximum Gasteiger partial charge on any atom is 0.347 e. The Labute approximate surface area is 102 Å². The zero-order valence-electron chi connectivity index (χ0n) is 9.07. The fourth-order valence-electron chi connectivity index (χ4n) is 1.16. The zero-order valence-corrected chi connectivity index (χ0v) is 10.7. The van der Waals surface area contributed by atoms with Crippen molar-refractivity contribution in [3.63, 3.8) is 0 Å². The van der Waals surface area contributed by atoms with Gasteiger partial charge in [-0.05, 0) is 24.6 Å². The molecule has 0 aliphatic rings. The van der Waals surface area contributed by atoms with Crippen molar-refractivity contribution in [3.8, 4) is 5.75 Å².